The highest BCUT2D eigenvalue weighted by Gasteiger charge is 2.37. The third-order valence-corrected chi connectivity index (χ3v) is 3.39. The maximum atomic E-state index is 12.2. The molecule has 1 atom stereocenters. The first-order valence-corrected chi connectivity index (χ1v) is 6.88. The van der Waals surface area contributed by atoms with Gasteiger partial charge in [0.2, 0.25) is 0 Å². The highest BCUT2D eigenvalue weighted by molar-refractivity contribution is 5.82. The Morgan fingerprint density at radius 2 is 2.10 bits per heavy atom. The summed E-state index contributed by atoms with van der Waals surface area (Å²) in [5.74, 6) is -0.417. The van der Waals surface area contributed by atoms with E-state index in [-0.39, 0.29) is 6.10 Å². The molecule has 0 spiro atoms. The molecule has 20 heavy (non-hydrogen) atoms. The fraction of sp³-hybridized carbons (Fsp3) is 0.533. The van der Waals surface area contributed by atoms with E-state index in [0.717, 1.165) is 5.56 Å². The third kappa shape index (κ3) is 3.36. The van der Waals surface area contributed by atoms with Gasteiger partial charge in [0.1, 0.15) is 11.6 Å². The van der Waals surface area contributed by atoms with E-state index in [0.29, 0.717) is 32.8 Å². The summed E-state index contributed by atoms with van der Waals surface area (Å²) in [7, 11) is 0. The number of carbonyl (C=O) groups is 1. The normalized spacial score (nSPS) is 18.1. The Morgan fingerprint density at radius 1 is 1.40 bits per heavy atom. The minimum Gasteiger partial charge on any atom is -0.464 e. The molecule has 1 aliphatic heterocycles. The van der Waals surface area contributed by atoms with Crippen molar-refractivity contribution in [2.45, 2.75) is 25.0 Å². The number of nitrogens with two attached hydrogens (primary N) is 1. The van der Waals surface area contributed by atoms with Crippen molar-refractivity contribution < 1.29 is 19.0 Å². The Morgan fingerprint density at radius 3 is 2.65 bits per heavy atom. The topological polar surface area (TPSA) is 70.8 Å². The lowest BCUT2D eigenvalue weighted by atomic mass is 9.88. The lowest BCUT2D eigenvalue weighted by Gasteiger charge is -2.30. The van der Waals surface area contributed by atoms with Crippen LogP contribution in [0, 0.1) is 0 Å². The Kier molecular flexibility index (Phi) is 5.11. The first kappa shape index (κ1) is 15.0. The summed E-state index contributed by atoms with van der Waals surface area (Å²) in [6.45, 7) is 3.70. The average Bonchev–Trinajstić information content (AvgIpc) is 2.42. The van der Waals surface area contributed by atoms with E-state index in [1.165, 1.54) is 0 Å². The van der Waals surface area contributed by atoms with Gasteiger partial charge in [0.25, 0.3) is 0 Å². The van der Waals surface area contributed by atoms with Gasteiger partial charge in [-0.2, -0.15) is 0 Å². The Hall–Kier alpha value is -1.43. The molecule has 0 saturated carbocycles. The van der Waals surface area contributed by atoms with Crippen molar-refractivity contribution in [3.8, 4) is 0 Å². The zero-order valence-corrected chi connectivity index (χ0v) is 11.7. The van der Waals surface area contributed by atoms with Gasteiger partial charge in [0.15, 0.2) is 0 Å². The quantitative estimate of drug-likeness (QED) is 0.760. The molecule has 1 unspecified atom stereocenters. The fourth-order valence-electron chi connectivity index (χ4n) is 2.06. The number of esters is 1. The smallest absolute Gasteiger partial charge is 0.330 e. The van der Waals surface area contributed by atoms with Crippen LogP contribution in [-0.2, 0) is 24.5 Å². The number of benzene rings is 1. The maximum Gasteiger partial charge on any atom is 0.330 e. The van der Waals surface area contributed by atoms with Crippen LogP contribution in [0.3, 0.4) is 0 Å². The summed E-state index contributed by atoms with van der Waals surface area (Å²) in [6, 6.07) is 9.28. The predicted molar refractivity (Wildman–Crippen MR) is 74.1 cm³/mol. The zero-order valence-electron chi connectivity index (χ0n) is 11.7. The van der Waals surface area contributed by atoms with E-state index >= 15 is 0 Å². The first-order valence-electron chi connectivity index (χ1n) is 6.88. The molecule has 5 heteroatoms. The molecule has 0 bridgehead atoms. The number of ether oxygens (including phenoxy) is 3. The molecule has 0 amide bonds. The highest BCUT2D eigenvalue weighted by atomic mass is 16.6. The molecule has 1 aromatic rings. The van der Waals surface area contributed by atoms with Gasteiger partial charge in [0, 0.05) is 13.0 Å². The molecule has 110 valence electrons. The molecule has 2 rings (SSSR count). The molecule has 1 saturated heterocycles. The minimum atomic E-state index is -1.16. The largest absolute Gasteiger partial charge is 0.464 e. The first-order chi connectivity index (χ1) is 9.66. The van der Waals surface area contributed by atoms with Crippen molar-refractivity contribution in [1.82, 2.24) is 0 Å². The number of carbonyl (C=O) groups excluding carboxylic acids is 1. The van der Waals surface area contributed by atoms with Gasteiger partial charge < -0.3 is 19.9 Å². The molecular formula is C15H21NO4. The standard InChI is InChI=1S/C15H21NO4/c1-2-19-14(17)15(16,12-6-4-3-5-7-12)8-9-20-13-10-18-11-13/h3-7,13H,2,8-11,16H2,1H3. The van der Waals surface area contributed by atoms with Gasteiger partial charge in [-0.15, -0.1) is 0 Å². The van der Waals surface area contributed by atoms with E-state index in [1.54, 1.807) is 6.92 Å². The molecule has 0 radical (unpaired) electrons. The van der Waals surface area contributed by atoms with Crippen LogP contribution in [0.5, 0.6) is 0 Å². The van der Waals surface area contributed by atoms with Crippen molar-refractivity contribution in [2.75, 3.05) is 26.4 Å². The average molecular weight is 279 g/mol. The van der Waals surface area contributed by atoms with Crippen LogP contribution < -0.4 is 5.73 Å². The van der Waals surface area contributed by atoms with Crippen molar-refractivity contribution in [3.63, 3.8) is 0 Å². The Balaban J connectivity index is 2.04. The van der Waals surface area contributed by atoms with Gasteiger partial charge in [-0.05, 0) is 12.5 Å². The number of hydrogen-bond acceptors (Lipinski definition) is 5. The monoisotopic (exact) mass is 279 g/mol. The van der Waals surface area contributed by atoms with Gasteiger partial charge in [0.05, 0.1) is 19.8 Å². The lowest BCUT2D eigenvalue weighted by molar-refractivity contribution is -0.154. The minimum absolute atomic E-state index is 0.122. The number of hydrogen-bond donors (Lipinski definition) is 1. The Bertz CT molecular complexity index is 433. The van der Waals surface area contributed by atoms with E-state index in [9.17, 15) is 4.79 Å². The highest BCUT2D eigenvalue weighted by Crippen LogP contribution is 2.24. The fourth-order valence-corrected chi connectivity index (χ4v) is 2.06. The van der Waals surface area contributed by atoms with Crippen LogP contribution in [0.25, 0.3) is 0 Å². The molecule has 2 N–H and O–H groups in total. The van der Waals surface area contributed by atoms with E-state index in [2.05, 4.69) is 0 Å². The van der Waals surface area contributed by atoms with Crippen LogP contribution >= 0.6 is 0 Å². The van der Waals surface area contributed by atoms with Crippen LogP contribution in [0.1, 0.15) is 18.9 Å². The molecule has 1 aromatic carbocycles. The zero-order chi connectivity index (χ0) is 14.4. The van der Waals surface area contributed by atoms with E-state index < -0.39 is 11.5 Å². The Labute approximate surface area is 119 Å². The summed E-state index contributed by atoms with van der Waals surface area (Å²) < 4.78 is 15.8. The van der Waals surface area contributed by atoms with Crippen molar-refractivity contribution in [2.24, 2.45) is 5.73 Å². The van der Waals surface area contributed by atoms with Crippen LogP contribution in [0.2, 0.25) is 0 Å². The second-order valence-corrected chi connectivity index (χ2v) is 4.84. The third-order valence-electron chi connectivity index (χ3n) is 3.39. The van der Waals surface area contributed by atoms with Gasteiger partial charge in [-0.1, -0.05) is 30.3 Å². The molecular weight excluding hydrogens is 258 g/mol. The maximum absolute atomic E-state index is 12.2. The van der Waals surface area contributed by atoms with Gasteiger partial charge >= 0.3 is 5.97 Å². The molecule has 1 aliphatic rings. The summed E-state index contributed by atoms with van der Waals surface area (Å²) in [5, 5.41) is 0. The van der Waals surface area contributed by atoms with Crippen molar-refractivity contribution >= 4 is 5.97 Å². The molecule has 1 heterocycles. The summed E-state index contributed by atoms with van der Waals surface area (Å²) in [6.07, 6.45) is 0.504. The van der Waals surface area contributed by atoms with Gasteiger partial charge in [-0.3, -0.25) is 0 Å². The SMILES string of the molecule is CCOC(=O)C(N)(CCOC1COC1)c1ccccc1. The second-order valence-electron chi connectivity index (χ2n) is 4.84. The van der Waals surface area contributed by atoms with E-state index in [1.807, 2.05) is 30.3 Å². The number of rotatable bonds is 7. The van der Waals surface area contributed by atoms with E-state index in [4.69, 9.17) is 19.9 Å². The summed E-state index contributed by atoms with van der Waals surface area (Å²) in [5.41, 5.74) is 5.89. The van der Waals surface area contributed by atoms with Crippen molar-refractivity contribution in [3.05, 3.63) is 35.9 Å². The molecule has 1 fully saturated rings. The molecule has 5 nitrogen and oxygen atoms in total. The summed E-state index contributed by atoms with van der Waals surface area (Å²) in [4.78, 5) is 12.2. The summed E-state index contributed by atoms with van der Waals surface area (Å²) >= 11 is 0. The lowest BCUT2D eigenvalue weighted by Crippen LogP contribution is -2.47. The predicted octanol–water partition coefficient (Wildman–Crippen LogP) is 1.21. The van der Waals surface area contributed by atoms with Crippen LogP contribution in [0.4, 0.5) is 0 Å². The second kappa shape index (κ2) is 6.83. The van der Waals surface area contributed by atoms with Crippen LogP contribution in [0.15, 0.2) is 30.3 Å². The van der Waals surface area contributed by atoms with Gasteiger partial charge in [-0.25, -0.2) is 4.79 Å². The molecule has 0 aliphatic carbocycles. The van der Waals surface area contributed by atoms with Crippen LogP contribution in [-0.4, -0.2) is 38.5 Å². The molecule has 0 aromatic heterocycles. The van der Waals surface area contributed by atoms with Crippen molar-refractivity contribution in [1.29, 1.82) is 0 Å².